The number of carbonyl (C=O) groups is 1. The number of aromatic nitrogens is 1. The van der Waals surface area contributed by atoms with Crippen LogP contribution in [0.5, 0.6) is 0 Å². The van der Waals surface area contributed by atoms with Crippen LogP contribution in [0.4, 0.5) is 4.39 Å². The van der Waals surface area contributed by atoms with Crippen molar-refractivity contribution in [1.29, 1.82) is 0 Å². The summed E-state index contributed by atoms with van der Waals surface area (Å²) in [5.74, 6) is -1.49. The number of rotatable bonds is 3. The number of carbonyl (C=O) groups excluding carboxylic acids is 1. The number of halogens is 1. The van der Waals surface area contributed by atoms with Gasteiger partial charge in [0.15, 0.2) is 0 Å². The molecule has 0 spiro atoms. The van der Waals surface area contributed by atoms with Crippen LogP contribution >= 0.6 is 0 Å². The zero-order valence-corrected chi connectivity index (χ0v) is 9.39. The van der Waals surface area contributed by atoms with Gasteiger partial charge < -0.3 is 9.47 Å². The predicted octanol–water partition coefficient (Wildman–Crippen LogP) is 1.95. The summed E-state index contributed by atoms with van der Waals surface area (Å²) in [4.78, 5) is 14.9. The summed E-state index contributed by atoms with van der Waals surface area (Å²) in [5, 5.41) is 0. The molecular weight excluding hydrogens is 225 g/mol. The number of esters is 1. The van der Waals surface area contributed by atoms with Crippen LogP contribution in [0.2, 0.25) is 0 Å². The molecule has 0 radical (unpaired) electrons. The molecule has 1 aliphatic heterocycles. The second-order valence-electron chi connectivity index (χ2n) is 3.93. The Morgan fingerprint density at radius 2 is 2.47 bits per heavy atom. The SMILES string of the molecule is O=C(OCC1CCCCO1)c1cccnc1F. The van der Waals surface area contributed by atoms with Crippen LogP contribution in [0.25, 0.3) is 0 Å². The molecule has 17 heavy (non-hydrogen) atoms. The molecule has 1 fully saturated rings. The molecule has 0 aromatic carbocycles. The van der Waals surface area contributed by atoms with Crippen LogP contribution in [-0.2, 0) is 9.47 Å². The monoisotopic (exact) mass is 239 g/mol. The van der Waals surface area contributed by atoms with Crippen molar-refractivity contribution in [3.05, 3.63) is 29.8 Å². The van der Waals surface area contributed by atoms with Crippen LogP contribution in [0.3, 0.4) is 0 Å². The second kappa shape index (κ2) is 5.72. The smallest absolute Gasteiger partial charge is 0.342 e. The molecule has 2 rings (SSSR count). The maximum atomic E-state index is 13.2. The fraction of sp³-hybridized carbons (Fsp3) is 0.500. The van der Waals surface area contributed by atoms with Gasteiger partial charge in [-0.1, -0.05) is 0 Å². The zero-order chi connectivity index (χ0) is 12.1. The van der Waals surface area contributed by atoms with E-state index in [9.17, 15) is 9.18 Å². The van der Waals surface area contributed by atoms with Crippen LogP contribution in [0.15, 0.2) is 18.3 Å². The summed E-state index contributed by atoms with van der Waals surface area (Å²) < 4.78 is 23.6. The molecule has 0 bridgehead atoms. The van der Waals surface area contributed by atoms with E-state index in [1.165, 1.54) is 18.3 Å². The Kier molecular flexibility index (Phi) is 4.03. The van der Waals surface area contributed by atoms with E-state index in [4.69, 9.17) is 9.47 Å². The number of pyridine rings is 1. The fourth-order valence-electron chi connectivity index (χ4n) is 1.72. The van der Waals surface area contributed by atoms with Gasteiger partial charge in [-0.3, -0.25) is 0 Å². The highest BCUT2D eigenvalue weighted by atomic mass is 19.1. The maximum Gasteiger partial charge on any atom is 0.342 e. The molecule has 1 saturated heterocycles. The van der Waals surface area contributed by atoms with E-state index >= 15 is 0 Å². The van der Waals surface area contributed by atoms with Gasteiger partial charge in [-0.15, -0.1) is 0 Å². The molecule has 2 heterocycles. The molecule has 1 aromatic heterocycles. The topological polar surface area (TPSA) is 48.4 Å². The lowest BCUT2D eigenvalue weighted by atomic mass is 10.1. The first-order valence-corrected chi connectivity index (χ1v) is 5.66. The van der Waals surface area contributed by atoms with Gasteiger partial charge in [-0.25, -0.2) is 9.78 Å². The van der Waals surface area contributed by atoms with Crippen LogP contribution in [-0.4, -0.2) is 30.3 Å². The van der Waals surface area contributed by atoms with Crippen molar-refractivity contribution in [2.45, 2.75) is 25.4 Å². The van der Waals surface area contributed by atoms with Gasteiger partial charge in [0.05, 0.1) is 6.10 Å². The standard InChI is InChI=1S/C12H14FNO3/c13-11-10(5-3-6-14-11)12(15)17-8-9-4-1-2-7-16-9/h3,5-6,9H,1-2,4,7-8H2. The Morgan fingerprint density at radius 3 is 3.18 bits per heavy atom. The third kappa shape index (κ3) is 3.23. The minimum atomic E-state index is -0.804. The highest BCUT2D eigenvalue weighted by Gasteiger charge is 2.18. The molecule has 0 aliphatic carbocycles. The molecule has 5 heteroatoms. The lowest BCUT2D eigenvalue weighted by Crippen LogP contribution is -2.26. The predicted molar refractivity (Wildman–Crippen MR) is 58.1 cm³/mol. The quantitative estimate of drug-likeness (QED) is 0.597. The van der Waals surface area contributed by atoms with Gasteiger partial charge in [0.1, 0.15) is 12.2 Å². The Balaban J connectivity index is 1.87. The lowest BCUT2D eigenvalue weighted by molar-refractivity contribution is -0.0302. The highest BCUT2D eigenvalue weighted by molar-refractivity contribution is 5.89. The lowest BCUT2D eigenvalue weighted by Gasteiger charge is -2.22. The Bertz CT molecular complexity index is 391. The normalized spacial score (nSPS) is 19.9. The number of hydrogen-bond donors (Lipinski definition) is 0. The maximum absolute atomic E-state index is 13.2. The van der Waals surface area contributed by atoms with E-state index in [1.807, 2.05) is 0 Å². The van der Waals surface area contributed by atoms with Crippen molar-refractivity contribution < 1.29 is 18.7 Å². The third-order valence-electron chi connectivity index (χ3n) is 2.65. The Labute approximate surface area is 98.8 Å². The Hall–Kier alpha value is -1.49. The average Bonchev–Trinajstić information content (AvgIpc) is 2.38. The minimum Gasteiger partial charge on any atom is -0.459 e. The highest BCUT2D eigenvalue weighted by Crippen LogP contribution is 2.14. The van der Waals surface area contributed by atoms with Crippen LogP contribution in [0.1, 0.15) is 29.6 Å². The van der Waals surface area contributed by atoms with Crippen LogP contribution < -0.4 is 0 Å². The van der Waals surface area contributed by atoms with Crippen molar-refractivity contribution in [3.8, 4) is 0 Å². The average molecular weight is 239 g/mol. The zero-order valence-electron chi connectivity index (χ0n) is 9.39. The molecule has 1 unspecified atom stereocenters. The molecule has 92 valence electrons. The first kappa shape index (κ1) is 12.0. The Morgan fingerprint density at radius 1 is 1.59 bits per heavy atom. The van der Waals surface area contributed by atoms with E-state index in [2.05, 4.69) is 4.98 Å². The van der Waals surface area contributed by atoms with E-state index in [0.717, 1.165) is 19.3 Å². The van der Waals surface area contributed by atoms with Crippen molar-refractivity contribution in [1.82, 2.24) is 4.98 Å². The third-order valence-corrected chi connectivity index (χ3v) is 2.65. The largest absolute Gasteiger partial charge is 0.459 e. The van der Waals surface area contributed by atoms with Crippen molar-refractivity contribution >= 4 is 5.97 Å². The summed E-state index contributed by atoms with van der Waals surface area (Å²) in [6, 6.07) is 2.85. The van der Waals surface area contributed by atoms with E-state index in [-0.39, 0.29) is 18.3 Å². The van der Waals surface area contributed by atoms with Crippen molar-refractivity contribution in [2.24, 2.45) is 0 Å². The molecule has 1 aliphatic rings. The summed E-state index contributed by atoms with van der Waals surface area (Å²) in [6.07, 6.45) is 4.22. The number of hydrogen-bond acceptors (Lipinski definition) is 4. The summed E-state index contributed by atoms with van der Waals surface area (Å²) >= 11 is 0. The minimum absolute atomic E-state index is 0.0626. The first-order chi connectivity index (χ1) is 8.27. The van der Waals surface area contributed by atoms with Crippen molar-refractivity contribution in [2.75, 3.05) is 13.2 Å². The molecule has 0 saturated carbocycles. The van der Waals surface area contributed by atoms with E-state index in [0.29, 0.717) is 6.61 Å². The second-order valence-corrected chi connectivity index (χ2v) is 3.93. The van der Waals surface area contributed by atoms with Gasteiger partial charge in [0, 0.05) is 12.8 Å². The molecule has 0 amide bonds. The van der Waals surface area contributed by atoms with Gasteiger partial charge >= 0.3 is 5.97 Å². The van der Waals surface area contributed by atoms with E-state index in [1.54, 1.807) is 0 Å². The van der Waals surface area contributed by atoms with Crippen LogP contribution in [0, 0.1) is 5.95 Å². The molecule has 1 atom stereocenters. The van der Waals surface area contributed by atoms with Gasteiger partial charge in [-0.2, -0.15) is 4.39 Å². The molecule has 1 aromatic rings. The van der Waals surface area contributed by atoms with E-state index < -0.39 is 11.9 Å². The molecule has 4 nitrogen and oxygen atoms in total. The van der Waals surface area contributed by atoms with Gasteiger partial charge in [0.25, 0.3) is 0 Å². The van der Waals surface area contributed by atoms with Crippen molar-refractivity contribution in [3.63, 3.8) is 0 Å². The number of ether oxygens (including phenoxy) is 2. The molecular formula is C12H14FNO3. The summed E-state index contributed by atoms with van der Waals surface area (Å²) in [5.41, 5.74) is -0.136. The number of nitrogens with zero attached hydrogens (tertiary/aromatic N) is 1. The first-order valence-electron chi connectivity index (χ1n) is 5.66. The van der Waals surface area contributed by atoms with Gasteiger partial charge in [0.2, 0.25) is 5.95 Å². The fourth-order valence-corrected chi connectivity index (χ4v) is 1.72. The summed E-state index contributed by atoms with van der Waals surface area (Å²) in [7, 11) is 0. The summed E-state index contributed by atoms with van der Waals surface area (Å²) in [6.45, 7) is 0.872. The molecule has 0 N–H and O–H groups in total. The van der Waals surface area contributed by atoms with Gasteiger partial charge in [-0.05, 0) is 31.4 Å².